The topological polar surface area (TPSA) is 308 Å². The highest BCUT2D eigenvalue weighted by Gasteiger charge is 2.23. The maximum Gasteiger partial charge on any atom is 0.296 e. The molecule has 0 unspecified atom stereocenters. The minimum Gasteiger partial charge on any atom is -0.506 e. The van der Waals surface area contributed by atoms with Crippen LogP contribution in [-0.4, -0.2) is 54.0 Å². The fourth-order valence-electron chi connectivity index (χ4n) is 5.61. The largest absolute Gasteiger partial charge is 0.506 e. The second-order valence-corrected chi connectivity index (χ2v) is 16.7. The summed E-state index contributed by atoms with van der Waals surface area (Å²) >= 11 is 0. The molecule has 0 spiro atoms. The Kier molecular flexibility index (Phi) is 11.4. The molecule has 302 valence electrons. The van der Waals surface area contributed by atoms with Crippen LogP contribution in [-0.2, 0) is 30.4 Å². The predicted molar refractivity (Wildman–Crippen MR) is 214 cm³/mol. The summed E-state index contributed by atoms with van der Waals surface area (Å²) in [6.45, 7) is 1.53. The van der Waals surface area contributed by atoms with Gasteiger partial charge in [-0.25, -0.2) is 0 Å². The molecule has 0 atom stereocenters. The number of nitrogens with one attached hydrogen (secondary N) is 1. The number of hydrogen-bond acceptors (Lipinski definition) is 15. The van der Waals surface area contributed by atoms with Gasteiger partial charge in [-0.3, -0.25) is 23.8 Å². The molecule has 6 aromatic carbocycles. The number of anilines is 2. The van der Waals surface area contributed by atoms with Gasteiger partial charge in [0, 0.05) is 35.0 Å². The van der Waals surface area contributed by atoms with Gasteiger partial charge in [-0.2, -0.15) is 35.5 Å². The molecule has 0 aliphatic heterocycles. The summed E-state index contributed by atoms with van der Waals surface area (Å²) < 4.78 is 103. The van der Waals surface area contributed by atoms with Gasteiger partial charge in [0.05, 0.1) is 16.3 Å². The maximum absolute atomic E-state index is 12.4. The Morgan fingerprint density at radius 3 is 1.86 bits per heavy atom. The zero-order valence-corrected chi connectivity index (χ0v) is 32.4. The van der Waals surface area contributed by atoms with Crippen LogP contribution in [0.2, 0.25) is 0 Å². The fraction of sp³-hybridized carbons (Fsp3) is 0.0270. The third-order valence-electron chi connectivity index (χ3n) is 8.42. The Hall–Kier alpha value is -6.95. The Balaban J connectivity index is 1.28. The van der Waals surface area contributed by atoms with Crippen molar-refractivity contribution in [1.29, 1.82) is 0 Å². The highest BCUT2D eigenvalue weighted by atomic mass is 32.2. The Labute approximate surface area is 334 Å². The molecule has 0 aliphatic carbocycles. The number of rotatable bonds is 12. The Morgan fingerprint density at radius 2 is 1.24 bits per heavy atom. The van der Waals surface area contributed by atoms with Crippen molar-refractivity contribution in [2.45, 2.75) is 21.6 Å². The van der Waals surface area contributed by atoms with Gasteiger partial charge >= 0.3 is 0 Å². The van der Waals surface area contributed by atoms with E-state index in [2.05, 4.69) is 25.8 Å². The third-order valence-corrected chi connectivity index (χ3v) is 11.1. The SMILES string of the molecule is Cc1cc(N=Nc2c(S(=O)(=O)O)cc3cc(Nc4ccccc4)ccc3c2O)c(O)cc1N=Nc1ccc(C=Cc2ccc([N+](=O)[O-])cc2S(=O)(=O)O)c(S(=O)(=O)O)c1. The molecule has 6 rings (SSSR count). The lowest BCUT2D eigenvalue weighted by Gasteiger charge is -2.11. The van der Waals surface area contributed by atoms with Gasteiger partial charge in [-0.1, -0.05) is 36.4 Å². The minimum absolute atomic E-state index is 0.0434. The first-order chi connectivity index (χ1) is 27.7. The number of non-ortho nitro benzene ring substituents is 1. The monoisotopic (exact) mass is 860 g/mol. The second-order valence-electron chi connectivity index (χ2n) is 12.5. The Morgan fingerprint density at radius 1 is 0.627 bits per heavy atom. The van der Waals surface area contributed by atoms with E-state index in [4.69, 9.17) is 0 Å². The molecule has 0 fully saturated rings. The van der Waals surface area contributed by atoms with Gasteiger partial charge in [0.25, 0.3) is 36.0 Å². The van der Waals surface area contributed by atoms with Crippen LogP contribution in [0.1, 0.15) is 16.7 Å². The molecule has 22 heteroatoms. The van der Waals surface area contributed by atoms with Crippen LogP contribution >= 0.6 is 0 Å². The first-order valence-corrected chi connectivity index (χ1v) is 20.8. The van der Waals surface area contributed by atoms with Crippen molar-refractivity contribution >= 4 is 93.1 Å². The van der Waals surface area contributed by atoms with Gasteiger partial charge < -0.3 is 15.5 Å². The summed E-state index contributed by atoms with van der Waals surface area (Å²) in [7, 11) is -14.8. The number of fused-ring (bicyclic) bond motifs is 1. The first-order valence-electron chi connectivity index (χ1n) is 16.5. The average Bonchev–Trinajstić information content (AvgIpc) is 3.16. The number of aromatic hydroxyl groups is 2. The molecule has 0 saturated heterocycles. The summed E-state index contributed by atoms with van der Waals surface area (Å²) in [5.41, 5.74) is -0.299. The number of phenols is 2. The van der Waals surface area contributed by atoms with Crippen LogP contribution in [0.4, 0.5) is 39.8 Å². The van der Waals surface area contributed by atoms with E-state index in [1.165, 1.54) is 31.2 Å². The molecular weight excluding hydrogens is 833 g/mol. The second kappa shape index (κ2) is 16.1. The lowest BCUT2D eigenvalue weighted by molar-refractivity contribution is -0.385. The summed E-state index contributed by atoms with van der Waals surface area (Å²) in [6.07, 6.45) is 2.13. The van der Waals surface area contributed by atoms with Crippen molar-refractivity contribution in [2.75, 3.05) is 5.32 Å². The van der Waals surface area contributed by atoms with Crippen molar-refractivity contribution in [2.24, 2.45) is 20.5 Å². The van der Waals surface area contributed by atoms with Crippen molar-refractivity contribution < 1.29 is 54.0 Å². The number of azo groups is 2. The molecule has 0 aromatic heterocycles. The van der Waals surface area contributed by atoms with E-state index in [9.17, 15) is 59.2 Å². The zero-order valence-electron chi connectivity index (χ0n) is 29.9. The van der Waals surface area contributed by atoms with Crippen LogP contribution in [0.15, 0.2) is 138 Å². The molecule has 19 nitrogen and oxygen atoms in total. The summed E-state index contributed by atoms with van der Waals surface area (Å²) in [5.74, 6) is -1.15. The molecule has 0 saturated carbocycles. The Bertz CT molecular complexity index is 3120. The van der Waals surface area contributed by atoms with Crippen molar-refractivity contribution in [1.82, 2.24) is 0 Å². The van der Waals surface area contributed by atoms with Crippen LogP contribution < -0.4 is 5.32 Å². The molecule has 6 aromatic rings. The van der Waals surface area contributed by atoms with E-state index in [1.807, 2.05) is 30.3 Å². The molecule has 59 heavy (non-hydrogen) atoms. The van der Waals surface area contributed by atoms with Crippen molar-refractivity contribution in [3.63, 3.8) is 0 Å². The smallest absolute Gasteiger partial charge is 0.296 e. The third kappa shape index (κ3) is 9.61. The molecule has 6 N–H and O–H groups in total. The van der Waals surface area contributed by atoms with Gasteiger partial charge in [0.15, 0.2) is 5.75 Å². The molecule has 0 amide bonds. The van der Waals surface area contributed by atoms with E-state index < -0.39 is 72.8 Å². The number of nitrogens with zero attached hydrogens (tertiary/aromatic N) is 5. The van der Waals surface area contributed by atoms with Crippen molar-refractivity contribution in [3.8, 4) is 11.5 Å². The molecular formula is C37H28N6O13S3. The molecule has 0 heterocycles. The summed E-state index contributed by atoms with van der Waals surface area (Å²) in [5, 5.41) is 52.3. The number of nitro groups is 1. The number of para-hydroxylation sites is 1. The highest BCUT2D eigenvalue weighted by molar-refractivity contribution is 7.86. The van der Waals surface area contributed by atoms with Gasteiger partial charge in [-0.05, 0) is 89.7 Å². The number of nitro benzene ring substituents is 1. The lowest BCUT2D eigenvalue weighted by atomic mass is 10.1. The average molecular weight is 861 g/mol. The molecule has 0 aliphatic rings. The van der Waals surface area contributed by atoms with Gasteiger partial charge in [0.2, 0.25) is 0 Å². The maximum atomic E-state index is 12.4. The first kappa shape index (κ1) is 41.7. The van der Waals surface area contributed by atoms with Gasteiger partial charge in [0.1, 0.15) is 31.8 Å². The zero-order chi connectivity index (χ0) is 42.9. The van der Waals surface area contributed by atoms with Crippen molar-refractivity contribution in [3.05, 3.63) is 130 Å². The fourth-order valence-corrected chi connectivity index (χ4v) is 7.67. The predicted octanol–water partition coefficient (Wildman–Crippen LogP) is 8.95. The number of aryl methyl sites for hydroxylation is 1. The number of phenolic OH excluding ortho intramolecular Hbond substituents is 2. The molecule has 0 radical (unpaired) electrons. The van der Waals surface area contributed by atoms with E-state index >= 15 is 0 Å². The normalized spacial score (nSPS) is 12.5. The van der Waals surface area contributed by atoms with Crippen LogP contribution in [0.5, 0.6) is 11.5 Å². The number of benzene rings is 6. The summed E-state index contributed by atoms with van der Waals surface area (Å²) in [4.78, 5) is 7.94. The highest BCUT2D eigenvalue weighted by Crippen LogP contribution is 2.43. The van der Waals surface area contributed by atoms with E-state index in [-0.39, 0.29) is 39.0 Å². The standard InChI is InChI=1S/C37H28N6O13S3/c1-21-15-31(41-42-36-35(59(54,55)56)17-24-16-26(12-14-29(24)37(36)45)38-25-5-3-2-4-6-25)32(44)20-30(21)40-39-27-11-9-22(33(18-27)57(48,49)50)7-8-23-10-13-28(43(46)47)19-34(23)58(51,52)53/h2-20,38,44-45H,1H3,(H,48,49,50)(H,51,52,53)(H,54,55,56). The van der Waals surface area contributed by atoms with E-state index in [1.54, 1.807) is 12.1 Å². The van der Waals surface area contributed by atoms with E-state index in [0.29, 0.717) is 17.3 Å². The van der Waals surface area contributed by atoms with E-state index in [0.717, 1.165) is 48.2 Å². The van der Waals surface area contributed by atoms with Gasteiger partial charge in [-0.15, -0.1) is 10.2 Å². The van der Waals surface area contributed by atoms with Crippen LogP contribution in [0.25, 0.3) is 22.9 Å². The van der Waals surface area contributed by atoms with Crippen LogP contribution in [0, 0.1) is 17.0 Å². The lowest BCUT2D eigenvalue weighted by Crippen LogP contribution is -2.02. The summed E-state index contributed by atoms with van der Waals surface area (Å²) in [6, 6.07) is 23.3. The quantitative estimate of drug-likeness (QED) is 0.0220. The number of hydrogen-bond donors (Lipinski definition) is 6. The van der Waals surface area contributed by atoms with Crippen LogP contribution in [0.3, 0.4) is 0 Å². The molecule has 0 bridgehead atoms. The minimum atomic E-state index is -4.96.